The number of hydroxylamine groups is 2. The van der Waals surface area contributed by atoms with Crippen molar-refractivity contribution in [2.24, 2.45) is 0 Å². The van der Waals surface area contributed by atoms with E-state index in [1.165, 1.54) is 0 Å². The van der Waals surface area contributed by atoms with E-state index < -0.39 is 71.3 Å². The van der Waals surface area contributed by atoms with Gasteiger partial charge in [0.2, 0.25) is 11.8 Å². The Balaban J connectivity index is 2.20. The Kier molecular flexibility index (Phi) is 14.7. The topological polar surface area (TPSA) is 244 Å². The predicted molar refractivity (Wildman–Crippen MR) is 152 cm³/mol. The summed E-state index contributed by atoms with van der Waals surface area (Å²) in [5, 5.41) is 4.53. The molecule has 0 unspecified atom stereocenters. The first kappa shape index (κ1) is 36.8. The number of carbonyl (C=O) groups excluding carboxylic acids is 10. The summed E-state index contributed by atoms with van der Waals surface area (Å²) in [6.45, 7) is 3.09. The molecule has 0 spiro atoms. The van der Waals surface area contributed by atoms with Gasteiger partial charge in [0.05, 0.1) is 0 Å². The van der Waals surface area contributed by atoms with Gasteiger partial charge in [0.1, 0.15) is 12.1 Å². The molecule has 0 aromatic carbocycles. The molecule has 0 saturated carbocycles. The van der Waals surface area contributed by atoms with Crippen molar-refractivity contribution in [3.05, 3.63) is 24.3 Å². The molecule has 2 aliphatic heterocycles. The highest BCUT2D eigenvalue weighted by Crippen LogP contribution is 2.08. The van der Waals surface area contributed by atoms with Crippen LogP contribution in [0.5, 0.6) is 0 Å². The Morgan fingerprint density at radius 3 is 1.22 bits per heavy atom. The molecule has 2 rings (SSSR count). The van der Waals surface area contributed by atoms with Crippen LogP contribution in [0.4, 0.5) is 0 Å². The highest BCUT2D eigenvalue weighted by molar-refractivity contribution is 6.13. The van der Waals surface area contributed by atoms with Crippen LogP contribution in [-0.4, -0.2) is 94.2 Å². The summed E-state index contributed by atoms with van der Waals surface area (Å²) in [7, 11) is 0. The number of nitrogens with zero attached hydrogens (tertiary/aromatic N) is 2. The van der Waals surface area contributed by atoms with E-state index in [1.54, 1.807) is 13.8 Å². The highest BCUT2D eigenvalue weighted by atomic mass is 16.7. The number of amides is 8. The number of hydrogen-bond donors (Lipinski definition) is 4. The smallest absolute Gasteiger partial charge is 0.332 e. The van der Waals surface area contributed by atoms with Crippen molar-refractivity contribution in [3.63, 3.8) is 0 Å². The van der Waals surface area contributed by atoms with Crippen LogP contribution in [0.2, 0.25) is 0 Å². The lowest BCUT2D eigenvalue weighted by molar-refractivity contribution is -0.162. The second kappa shape index (κ2) is 18.4. The number of nitrogens with one attached hydrogen (secondary N) is 4. The molecular formula is C28H36N6O12. The van der Waals surface area contributed by atoms with Gasteiger partial charge in [-0.25, -0.2) is 9.59 Å². The Morgan fingerprint density at radius 1 is 0.587 bits per heavy atom. The van der Waals surface area contributed by atoms with Gasteiger partial charge in [-0.3, -0.25) is 48.2 Å². The minimum Gasteiger partial charge on any atom is -0.342 e. The predicted octanol–water partition coefficient (Wildman–Crippen LogP) is -1.88. The molecule has 0 aromatic rings. The van der Waals surface area contributed by atoms with Crippen molar-refractivity contribution in [2.45, 2.75) is 77.3 Å². The summed E-state index contributed by atoms with van der Waals surface area (Å²) in [6.07, 6.45) is 4.10. The molecule has 4 N–H and O–H groups in total. The maximum absolute atomic E-state index is 13.1. The monoisotopic (exact) mass is 648 g/mol. The van der Waals surface area contributed by atoms with Crippen LogP contribution in [-0.2, 0) is 57.6 Å². The first-order valence-electron chi connectivity index (χ1n) is 14.5. The molecule has 0 radical (unpaired) electrons. The third-order valence-corrected chi connectivity index (χ3v) is 6.34. The molecule has 0 fully saturated rings. The summed E-state index contributed by atoms with van der Waals surface area (Å²) in [5.41, 5.74) is 3.66. The minimum atomic E-state index is -1.95. The Labute approximate surface area is 263 Å². The molecule has 0 aliphatic carbocycles. The maximum Gasteiger partial charge on any atom is 0.332 e. The fourth-order valence-electron chi connectivity index (χ4n) is 4.04. The number of carbonyl (C=O) groups is 10. The van der Waals surface area contributed by atoms with Crippen LogP contribution >= 0.6 is 0 Å². The highest BCUT2D eigenvalue weighted by Gasteiger charge is 2.38. The second-order valence-electron chi connectivity index (χ2n) is 10.0. The Morgan fingerprint density at radius 2 is 0.913 bits per heavy atom. The largest absolute Gasteiger partial charge is 0.342 e. The zero-order valence-electron chi connectivity index (χ0n) is 25.3. The Bertz CT molecular complexity index is 1180. The van der Waals surface area contributed by atoms with E-state index in [1.807, 2.05) is 11.0 Å². The zero-order valence-corrected chi connectivity index (χ0v) is 25.3. The molecule has 250 valence electrons. The summed E-state index contributed by atoms with van der Waals surface area (Å²) in [4.78, 5) is 134. The van der Waals surface area contributed by atoms with Crippen molar-refractivity contribution in [3.8, 4) is 0 Å². The first-order valence-corrected chi connectivity index (χ1v) is 14.5. The number of hydrogen-bond acceptors (Lipinski definition) is 12. The van der Waals surface area contributed by atoms with Crippen molar-refractivity contribution >= 4 is 59.2 Å². The van der Waals surface area contributed by atoms with E-state index in [-0.39, 0.29) is 51.6 Å². The van der Waals surface area contributed by atoms with Gasteiger partial charge in [0.25, 0.3) is 35.4 Å². The normalized spacial score (nSPS) is 15.0. The molecule has 2 heterocycles. The van der Waals surface area contributed by atoms with Crippen molar-refractivity contribution in [1.29, 1.82) is 0 Å². The van der Waals surface area contributed by atoms with Crippen molar-refractivity contribution < 1.29 is 57.6 Å². The fourth-order valence-corrected chi connectivity index (χ4v) is 4.04. The molecule has 2 atom stereocenters. The van der Waals surface area contributed by atoms with Gasteiger partial charge in [-0.05, 0) is 25.7 Å². The lowest BCUT2D eigenvalue weighted by Gasteiger charge is -2.27. The van der Waals surface area contributed by atoms with Crippen LogP contribution in [0.1, 0.15) is 65.2 Å². The molecule has 0 saturated heterocycles. The lowest BCUT2D eigenvalue weighted by Crippen LogP contribution is -2.63. The van der Waals surface area contributed by atoms with E-state index in [2.05, 4.69) is 10.6 Å². The van der Waals surface area contributed by atoms with E-state index in [4.69, 9.17) is 9.68 Å². The van der Waals surface area contributed by atoms with E-state index in [0.717, 1.165) is 34.1 Å². The summed E-state index contributed by atoms with van der Waals surface area (Å²) < 4.78 is 0. The molecule has 18 nitrogen and oxygen atoms in total. The van der Waals surface area contributed by atoms with Gasteiger partial charge in [-0.2, -0.15) is 11.0 Å². The van der Waals surface area contributed by atoms with Gasteiger partial charge in [-0.15, -0.1) is 0 Å². The standard InChI is InChI=1S/C28H36N6O12/c1-3-7-23(41)45-31-27(43)25(29-17(35)9-5-15-33-19(37)11-12-20(33)38)26(28(44)32-46-24(42)8-4-2)30-18(36)10-6-16-34-21(39)13-14-22(34)40/h11-14,25-26H,3-10,15-16H2,1-2H3,(H,29,35)(H,30,36)(H,31,43)(H,32,44)/t25-,26+. The van der Waals surface area contributed by atoms with E-state index in [9.17, 15) is 47.9 Å². The van der Waals surface area contributed by atoms with Crippen LogP contribution in [0, 0.1) is 0 Å². The fraction of sp³-hybridized carbons (Fsp3) is 0.500. The maximum atomic E-state index is 13.1. The first-order chi connectivity index (χ1) is 21.9. The van der Waals surface area contributed by atoms with Gasteiger partial charge >= 0.3 is 11.9 Å². The summed E-state index contributed by atoms with van der Waals surface area (Å²) in [5.74, 6) is -8.15. The van der Waals surface area contributed by atoms with Crippen LogP contribution in [0.25, 0.3) is 0 Å². The Hall–Kier alpha value is -5.42. The number of rotatable bonds is 17. The van der Waals surface area contributed by atoms with Crippen molar-refractivity contribution in [1.82, 2.24) is 31.4 Å². The molecule has 0 bridgehead atoms. The van der Waals surface area contributed by atoms with Gasteiger partial charge < -0.3 is 20.3 Å². The van der Waals surface area contributed by atoms with Gasteiger partial charge in [0, 0.05) is 63.1 Å². The summed E-state index contributed by atoms with van der Waals surface area (Å²) in [6, 6.07) is -3.89. The second-order valence-corrected chi connectivity index (χ2v) is 10.0. The van der Waals surface area contributed by atoms with Crippen LogP contribution in [0.15, 0.2) is 24.3 Å². The third-order valence-electron chi connectivity index (χ3n) is 6.34. The quantitative estimate of drug-likeness (QED) is 0.1000. The molecule has 46 heavy (non-hydrogen) atoms. The minimum absolute atomic E-state index is 0.0362. The van der Waals surface area contributed by atoms with E-state index in [0.29, 0.717) is 12.8 Å². The molecule has 8 amide bonds. The average molecular weight is 649 g/mol. The van der Waals surface area contributed by atoms with Crippen LogP contribution < -0.4 is 21.6 Å². The molecular weight excluding hydrogens is 612 g/mol. The average Bonchev–Trinajstić information content (AvgIpc) is 3.51. The SMILES string of the molecule is CCCC(=O)ONC(=O)[C@@H](NC(=O)CCCN1C(=O)C=CC1=O)[C@@H](NC(=O)CCCN1C(=O)C=CC1=O)C(=O)NOC(=O)CCC. The zero-order chi connectivity index (χ0) is 34.2. The molecule has 18 heteroatoms. The number of imide groups is 2. The van der Waals surface area contributed by atoms with Crippen LogP contribution in [0.3, 0.4) is 0 Å². The third kappa shape index (κ3) is 11.6. The van der Waals surface area contributed by atoms with Gasteiger partial charge in [-0.1, -0.05) is 13.8 Å². The van der Waals surface area contributed by atoms with Gasteiger partial charge in [0.15, 0.2) is 0 Å². The lowest BCUT2D eigenvalue weighted by atomic mass is 10.1. The summed E-state index contributed by atoms with van der Waals surface area (Å²) >= 11 is 0. The molecule has 2 aliphatic rings. The van der Waals surface area contributed by atoms with Crippen molar-refractivity contribution in [2.75, 3.05) is 13.1 Å². The van der Waals surface area contributed by atoms with E-state index >= 15 is 0 Å². The molecule has 0 aromatic heterocycles.